The van der Waals surface area contributed by atoms with Gasteiger partial charge in [-0.25, -0.2) is 0 Å². The zero-order valence-corrected chi connectivity index (χ0v) is 21.9. The molecule has 1 aliphatic heterocycles. The summed E-state index contributed by atoms with van der Waals surface area (Å²) in [5, 5.41) is 40.5. The molecule has 212 valence electrons. The fraction of sp³-hybridized carbons (Fsp3) is 0.423. The zero-order valence-electron chi connectivity index (χ0n) is 21.9. The molecule has 4 N–H and O–H groups in total. The molecule has 1 fully saturated rings. The molecule has 0 unspecified atom stereocenters. The van der Waals surface area contributed by atoms with Crippen LogP contribution in [-0.4, -0.2) is 93.3 Å². The highest BCUT2D eigenvalue weighted by Gasteiger charge is 2.45. The van der Waals surface area contributed by atoms with E-state index in [1.165, 1.54) is 41.6 Å². The van der Waals surface area contributed by atoms with Crippen LogP contribution in [0.2, 0.25) is 0 Å². The Hall–Kier alpha value is -3.75. The van der Waals surface area contributed by atoms with Gasteiger partial charge in [0.15, 0.2) is 28.8 Å². The number of aliphatic hydroxyl groups excluding tert-OH is 4. The molecule has 0 bridgehead atoms. The van der Waals surface area contributed by atoms with Crippen molar-refractivity contribution in [1.29, 1.82) is 0 Å². The van der Waals surface area contributed by atoms with Crippen molar-refractivity contribution in [3.8, 4) is 45.8 Å². The van der Waals surface area contributed by atoms with Crippen LogP contribution in [0.15, 0.2) is 33.5 Å². The summed E-state index contributed by atoms with van der Waals surface area (Å²) < 4.78 is 44.4. The van der Waals surface area contributed by atoms with E-state index in [-0.39, 0.29) is 34.0 Å². The molecule has 0 aliphatic carbocycles. The van der Waals surface area contributed by atoms with Gasteiger partial charge in [0, 0.05) is 11.6 Å². The Morgan fingerprint density at radius 2 is 1.44 bits per heavy atom. The number of rotatable bonds is 9. The topological polar surface area (TPSA) is 176 Å². The number of hydrogen-bond donors (Lipinski definition) is 4. The second-order valence-corrected chi connectivity index (χ2v) is 8.49. The third kappa shape index (κ3) is 4.90. The van der Waals surface area contributed by atoms with Crippen molar-refractivity contribution in [2.45, 2.75) is 30.7 Å². The minimum atomic E-state index is -1.79. The van der Waals surface area contributed by atoms with E-state index in [1.54, 1.807) is 18.2 Å². The van der Waals surface area contributed by atoms with Gasteiger partial charge in [0.25, 0.3) is 0 Å². The third-order valence-corrected chi connectivity index (χ3v) is 6.37. The molecule has 2 heterocycles. The number of hydrogen-bond acceptors (Lipinski definition) is 13. The summed E-state index contributed by atoms with van der Waals surface area (Å²) in [7, 11) is 7.01. The van der Waals surface area contributed by atoms with E-state index in [2.05, 4.69) is 0 Å². The first-order valence-corrected chi connectivity index (χ1v) is 11.7. The standard InChI is InChI=1S/C26H30O13/c1-32-12-7-6-11(8-13(12)33-2)22-25(39-26-21(31)20(30)18(28)16(10-27)38-26)19(29)17-14(37-22)9-15(34-3)23(35-4)24(17)36-5/h6-9,16,18,20-21,26-28,30-31H,10H2,1-5H3/t16-,18-,20+,21-,26-/m1/s1. The summed E-state index contributed by atoms with van der Waals surface area (Å²) in [6.07, 6.45) is -8.10. The molecule has 3 aromatic rings. The summed E-state index contributed by atoms with van der Waals surface area (Å²) in [6.45, 7) is -0.690. The second-order valence-electron chi connectivity index (χ2n) is 8.49. The second kappa shape index (κ2) is 11.6. The van der Waals surface area contributed by atoms with Crippen molar-refractivity contribution in [1.82, 2.24) is 0 Å². The lowest BCUT2D eigenvalue weighted by molar-refractivity contribution is -0.277. The van der Waals surface area contributed by atoms with E-state index in [4.69, 9.17) is 37.6 Å². The van der Waals surface area contributed by atoms with E-state index in [0.717, 1.165) is 0 Å². The largest absolute Gasteiger partial charge is 0.493 e. The molecule has 5 atom stereocenters. The van der Waals surface area contributed by atoms with Gasteiger partial charge < -0.3 is 58.0 Å². The van der Waals surface area contributed by atoms with Crippen LogP contribution >= 0.6 is 0 Å². The maximum absolute atomic E-state index is 14.0. The van der Waals surface area contributed by atoms with E-state index in [9.17, 15) is 25.2 Å². The SMILES string of the molecule is COc1ccc(-c2oc3cc(OC)c(OC)c(OC)c3c(=O)c2O[C@H]2O[C@H](CO)[C@@H](O)[C@H](O)[C@H]2O)cc1OC. The van der Waals surface area contributed by atoms with Gasteiger partial charge in [-0.05, 0) is 18.2 Å². The van der Waals surface area contributed by atoms with Crippen LogP contribution in [0.5, 0.6) is 34.5 Å². The van der Waals surface area contributed by atoms with Gasteiger partial charge in [-0.15, -0.1) is 0 Å². The lowest BCUT2D eigenvalue weighted by atomic mass is 9.99. The monoisotopic (exact) mass is 550 g/mol. The van der Waals surface area contributed by atoms with Crippen LogP contribution in [0.1, 0.15) is 0 Å². The van der Waals surface area contributed by atoms with Crippen LogP contribution < -0.4 is 33.8 Å². The lowest BCUT2D eigenvalue weighted by Gasteiger charge is -2.39. The molecule has 13 heteroatoms. The smallest absolute Gasteiger partial charge is 0.239 e. The number of methoxy groups -OCH3 is 5. The zero-order chi connectivity index (χ0) is 28.4. The van der Waals surface area contributed by atoms with Crippen molar-refractivity contribution in [3.63, 3.8) is 0 Å². The van der Waals surface area contributed by atoms with Gasteiger partial charge in [0.05, 0.1) is 42.2 Å². The predicted octanol–water partition coefficient (Wildman–Crippen LogP) is 0.682. The van der Waals surface area contributed by atoms with Crippen LogP contribution in [0.25, 0.3) is 22.3 Å². The molecule has 2 aromatic carbocycles. The molecule has 4 rings (SSSR count). The van der Waals surface area contributed by atoms with Crippen molar-refractivity contribution in [3.05, 3.63) is 34.5 Å². The first kappa shape index (κ1) is 28.3. The Labute approximate surface area is 222 Å². The lowest BCUT2D eigenvalue weighted by Crippen LogP contribution is -2.60. The Morgan fingerprint density at radius 3 is 2.03 bits per heavy atom. The first-order valence-electron chi connectivity index (χ1n) is 11.7. The Morgan fingerprint density at radius 1 is 0.769 bits per heavy atom. The summed E-state index contributed by atoms with van der Waals surface area (Å²) in [5.41, 5.74) is -0.365. The normalized spacial score (nSPS) is 22.8. The molecule has 0 amide bonds. The van der Waals surface area contributed by atoms with Gasteiger partial charge in [-0.1, -0.05) is 0 Å². The quantitative estimate of drug-likeness (QED) is 0.293. The van der Waals surface area contributed by atoms with Crippen molar-refractivity contribution < 1.29 is 58.0 Å². The molecule has 39 heavy (non-hydrogen) atoms. The van der Waals surface area contributed by atoms with E-state index in [1.807, 2.05) is 0 Å². The van der Waals surface area contributed by atoms with Crippen molar-refractivity contribution in [2.75, 3.05) is 42.2 Å². The molecule has 0 saturated carbocycles. The molecular formula is C26H30O13. The van der Waals surface area contributed by atoms with E-state index in [0.29, 0.717) is 17.1 Å². The van der Waals surface area contributed by atoms with Crippen LogP contribution in [-0.2, 0) is 4.74 Å². The number of ether oxygens (including phenoxy) is 7. The Balaban J connectivity index is 2.00. The average Bonchev–Trinajstić information content (AvgIpc) is 2.96. The fourth-order valence-corrected chi connectivity index (χ4v) is 4.36. The highest BCUT2D eigenvalue weighted by Crippen LogP contribution is 2.45. The Bertz CT molecular complexity index is 1380. The highest BCUT2D eigenvalue weighted by molar-refractivity contribution is 5.92. The van der Waals surface area contributed by atoms with Gasteiger partial charge in [0.2, 0.25) is 23.2 Å². The maximum Gasteiger partial charge on any atom is 0.239 e. The third-order valence-electron chi connectivity index (χ3n) is 6.37. The predicted molar refractivity (Wildman–Crippen MR) is 135 cm³/mol. The van der Waals surface area contributed by atoms with Crippen molar-refractivity contribution in [2.24, 2.45) is 0 Å². The van der Waals surface area contributed by atoms with Gasteiger partial charge in [0.1, 0.15) is 35.4 Å². The average molecular weight is 551 g/mol. The van der Waals surface area contributed by atoms with Gasteiger partial charge in [-0.2, -0.15) is 0 Å². The van der Waals surface area contributed by atoms with Gasteiger partial charge in [-0.3, -0.25) is 4.79 Å². The summed E-state index contributed by atoms with van der Waals surface area (Å²) >= 11 is 0. The van der Waals surface area contributed by atoms with E-state index >= 15 is 0 Å². The number of aliphatic hydroxyl groups is 4. The summed E-state index contributed by atoms with van der Waals surface area (Å²) in [6, 6.07) is 6.16. The van der Waals surface area contributed by atoms with E-state index < -0.39 is 48.5 Å². The van der Waals surface area contributed by atoms with Gasteiger partial charge >= 0.3 is 0 Å². The molecule has 0 radical (unpaired) electrons. The maximum atomic E-state index is 14.0. The minimum Gasteiger partial charge on any atom is -0.493 e. The molecule has 1 saturated heterocycles. The number of fused-ring (bicyclic) bond motifs is 1. The molecule has 13 nitrogen and oxygen atoms in total. The number of benzene rings is 2. The Kier molecular flexibility index (Phi) is 8.37. The molecule has 1 aliphatic rings. The fourth-order valence-electron chi connectivity index (χ4n) is 4.36. The highest BCUT2D eigenvalue weighted by atomic mass is 16.7. The van der Waals surface area contributed by atoms with Crippen LogP contribution in [0.4, 0.5) is 0 Å². The molecular weight excluding hydrogens is 520 g/mol. The molecule has 1 aromatic heterocycles. The minimum absolute atomic E-state index is 0.00175. The van der Waals surface area contributed by atoms with Crippen molar-refractivity contribution >= 4 is 11.0 Å². The summed E-state index contributed by atoms with van der Waals surface area (Å²) in [4.78, 5) is 14.0. The van der Waals surface area contributed by atoms with Crippen LogP contribution in [0.3, 0.4) is 0 Å². The first-order chi connectivity index (χ1) is 18.7. The van der Waals surface area contributed by atoms with Crippen LogP contribution in [0, 0.1) is 0 Å². The molecule has 0 spiro atoms. The summed E-state index contributed by atoms with van der Waals surface area (Å²) in [5.74, 6) is 0.556.